The van der Waals surface area contributed by atoms with Gasteiger partial charge in [-0.15, -0.1) is 0 Å². The average Bonchev–Trinajstić information content (AvgIpc) is 2.94. The zero-order chi connectivity index (χ0) is 19.6. The van der Waals surface area contributed by atoms with Crippen LogP contribution in [0.5, 0.6) is 0 Å². The fourth-order valence-electron chi connectivity index (χ4n) is 2.34. The molecule has 0 aliphatic rings. The van der Waals surface area contributed by atoms with Crippen LogP contribution < -0.4 is 0 Å². The van der Waals surface area contributed by atoms with Crippen LogP contribution in [0.25, 0.3) is 0 Å². The molecule has 1 aromatic heterocycles. The monoisotopic (exact) mass is 380 g/mol. The van der Waals surface area contributed by atoms with Crippen LogP contribution in [-0.4, -0.2) is 55.7 Å². The third-order valence-corrected chi connectivity index (χ3v) is 5.65. The Labute approximate surface area is 151 Å². The predicted molar refractivity (Wildman–Crippen MR) is 93.5 cm³/mol. The van der Waals surface area contributed by atoms with Gasteiger partial charge in [-0.3, -0.25) is 4.79 Å². The first-order chi connectivity index (χ1) is 12.0. The SMILES string of the molecule is Cc1oc(CN(C)C(=O)c2ccc(S(=O)(=O)N(C)C)cc2)cc1C(=O)O. The van der Waals surface area contributed by atoms with Crippen molar-refractivity contribution in [1.82, 2.24) is 9.21 Å². The lowest BCUT2D eigenvalue weighted by Gasteiger charge is -2.16. The van der Waals surface area contributed by atoms with Crippen LogP contribution in [0.15, 0.2) is 39.6 Å². The molecule has 2 rings (SSSR count). The topological polar surface area (TPSA) is 108 Å². The van der Waals surface area contributed by atoms with E-state index in [1.165, 1.54) is 49.3 Å². The number of sulfonamides is 1. The van der Waals surface area contributed by atoms with Gasteiger partial charge >= 0.3 is 5.97 Å². The number of carboxylic acid groups (broad SMARTS) is 1. The lowest BCUT2D eigenvalue weighted by Crippen LogP contribution is -2.26. The molecule has 9 heteroatoms. The highest BCUT2D eigenvalue weighted by atomic mass is 32.2. The highest BCUT2D eigenvalue weighted by molar-refractivity contribution is 7.89. The fraction of sp³-hybridized carbons (Fsp3) is 0.294. The lowest BCUT2D eigenvalue weighted by molar-refractivity contribution is 0.0694. The van der Waals surface area contributed by atoms with E-state index < -0.39 is 16.0 Å². The minimum Gasteiger partial charge on any atom is -0.478 e. The van der Waals surface area contributed by atoms with Crippen LogP contribution in [0.4, 0.5) is 0 Å². The summed E-state index contributed by atoms with van der Waals surface area (Å²) in [5, 5.41) is 9.04. The van der Waals surface area contributed by atoms with E-state index in [-0.39, 0.29) is 28.7 Å². The quantitative estimate of drug-likeness (QED) is 0.819. The van der Waals surface area contributed by atoms with E-state index in [4.69, 9.17) is 9.52 Å². The Hall–Kier alpha value is -2.65. The molecule has 0 radical (unpaired) electrons. The minimum atomic E-state index is -3.56. The first kappa shape index (κ1) is 19.7. The van der Waals surface area contributed by atoms with E-state index in [1.54, 1.807) is 14.0 Å². The summed E-state index contributed by atoms with van der Waals surface area (Å²) in [7, 11) is 0.845. The van der Waals surface area contributed by atoms with Crippen LogP contribution in [0.3, 0.4) is 0 Å². The molecule has 0 saturated carbocycles. The number of nitrogens with zero attached hydrogens (tertiary/aromatic N) is 2. The van der Waals surface area contributed by atoms with Crippen LogP contribution >= 0.6 is 0 Å². The van der Waals surface area contributed by atoms with Crippen molar-refractivity contribution in [2.75, 3.05) is 21.1 Å². The van der Waals surface area contributed by atoms with Gasteiger partial charge < -0.3 is 14.4 Å². The molecule has 2 aromatic rings. The molecule has 0 fully saturated rings. The number of carbonyl (C=O) groups excluding carboxylic acids is 1. The van der Waals surface area contributed by atoms with Gasteiger partial charge in [-0.25, -0.2) is 17.5 Å². The molecule has 0 spiro atoms. The van der Waals surface area contributed by atoms with Crippen LogP contribution in [0.1, 0.15) is 32.2 Å². The molecular formula is C17H20N2O6S. The largest absolute Gasteiger partial charge is 0.478 e. The number of hydrogen-bond donors (Lipinski definition) is 1. The molecule has 0 atom stereocenters. The summed E-state index contributed by atoms with van der Waals surface area (Å²) in [6.45, 7) is 1.63. The molecule has 0 saturated heterocycles. The Morgan fingerprint density at radius 3 is 2.15 bits per heavy atom. The van der Waals surface area contributed by atoms with Crippen molar-refractivity contribution in [2.24, 2.45) is 0 Å². The van der Waals surface area contributed by atoms with Crippen LogP contribution in [0, 0.1) is 6.92 Å². The molecule has 1 aromatic carbocycles. The number of rotatable bonds is 6. The summed E-state index contributed by atoms with van der Waals surface area (Å²) < 4.78 is 30.6. The van der Waals surface area contributed by atoms with Gasteiger partial charge in [0.2, 0.25) is 10.0 Å². The molecule has 140 valence electrons. The second-order valence-corrected chi connectivity index (χ2v) is 8.11. The van der Waals surface area contributed by atoms with Crippen molar-refractivity contribution in [1.29, 1.82) is 0 Å². The normalized spacial score (nSPS) is 11.6. The zero-order valence-electron chi connectivity index (χ0n) is 14.9. The summed E-state index contributed by atoms with van der Waals surface area (Å²) in [5.74, 6) is -0.817. The maximum Gasteiger partial charge on any atom is 0.339 e. The number of carboxylic acids is 1. The van der Waals surface area contributed by atoms with Crippen molar-refractivity contribution in [2.45, 2.75) is 18.4 Å². The number of aromatic carboxylic acids is 1. The maximum absolute atomic E-state index is 12.5. The summed E-state index contributed by atoms with van der Waals surface area (Å²) in [4.78, 5) is 25.0. The second-order valence-electron chi connectivity index (χ2n) is 5.96. The van der Waals surface area contributed by atoms with E-state index in [1.807, 2.05) is 0 Å². The molecule has 1 amide bonds. The molecule has 0 aliphatic carbocycles. The van der Waals surface area contributed by atoms with Gasteiger partial charge in [0.1, 0.15) is 17.1 Å². The highest BCUT2D eigenvalue weighted by Crippen LogP contribution is 2.18. The Bertz CT molecular complexity index is 929. The summed E-state index contributed by atoms with van der Waals surface area (Å²) in [5.41, 5.74) is 0.367. The van der Waals surface area contributed by atoms with E-state index in [2.05, 4.69) is 0 Å². The number of benzene rings is 1. The average molecular weight is 380 g/mol. The van der Waals surface area contributed by atoms with Crippen molar-refractivity contribution in [3.63, 3.8) is 0 Å². The van der Waals surface area contributed by atoms with Gasteiger partial charge in [-0.1, -0.05) is 0 Å². The second kappa shape index (κ2) is 7.30. The van der Waals surface area contributed by atoms with Crippen molar-refractivity contribution >= 4 is 21.9 Å². The van der Waals surface area contributed by atoms with Crippen molar-refractivity contribution in [3.8, 4) is 0 Å². The van der Waals surface area contributed by atoms with E-state index in [0.29, 0.717) is 11.3 Å². The number of aryl methyl sites for hydroxylation is 1. The van der Waals surface area contributed by atoms with Crippen molar-refractivity contribution in [3.05, 3.63) is 53.0 Å². The molecule has 0 bridgehead atoms. The molecule has 1 heterocycles. The Kier molecular flexibility index (Phi) is 5.53. The smallest absolute Gasteiger partial charge is 0.339 e. The van der Waals surface area contributed by atoms with Gasteiger partial charge in [-0.05, 0) is 37.3 Å². The highest BCUT2D eigenvalue weighted by Gasteiger charge is 2.20. The van der Waals surface area contributed by atoms with E-state index in [0.717, 1.165) is 4.31 Å². The van der Waals surface area contributed by atoms with Crippen LogP contribution in [-0.2, 0) is 16.6 Å². The van der Waals surface area contributed by atoms with Gasteiger partial charge in [0.05, 0.1) is 11.4 Å². The number of furan rings is 1. The van der Waals surface area contributed by atoms with Gasteiger partial charge in [-0.2, -0.15) is 0 Å². The third kappa shape index (κ3) is 3.94. The molecule has 26 heavy (non-hydrogen) atoms. The van der Waals surface area contributed by atoms with Gasteiger partial charge in [0, 0.05) is 26.7 Å². The van der Waals surface area contributed by atoms with Gasteiger partial charge in [0.15, 0.2) is 0 Å². The standard InChI is InChI=1S/C17H20N2O6S/c1-11-15(17(21)22)9-13(25-11)10-19(4)16(20)12-5-7-14(8-6-12)26(23,24)18(2)3/h5-9H,10H2,1-4H3,(H,21,22). The predicted octanol–water partition coefficient (Wildman–Crippen LogP) is 1.81. The lowest BCUT2D eigenvalue weighted by atomic mass is 10.2. The molecular weight excluding hydrogens is 360 g/mol. The van der Waals surface area contributed by atoms with E-state index in [9.17, 15) is 18.0 Å². The van der Waals surface area contributed by atoms with E-state index >= 15 is 0 Å². The number of amides is 1. The number of hydrogen-bond acceptors (Lipinski definition) is 5. The first-order valence-corrected chi connectivity index (χ1v) is 9.08. The molecule has 0 aliphatic heterocycles. The summed E-state index contributed by atoms with van der Waals surface area (Å²) >= 11 is 0. The first-order valence-electron chi connectivity index (χ1n) is 7.64. The number of carbonyl (C=O) groups is 2. The third-order valence-electron chi connectivity index (χ3n) is 3.82. The molecule has 8 nitrogen and oxygen atoms in total. The summed E-state index contributed by atoms with van der Waals surface area (Å²) in [6.07, 6.45) is 0. The Morgan fingerprint density at radius 1 is 1.12 bits per heavy atom. The molecule has 0 unspecified atom stereocenters. The zero-order valence-corrected chi connectivity index (χ0v) is 15.7. The van der Waals surface area contributed by atoms with Gasteiger partial charge in [0.25, 0.3) is 5.91 Å². The fourth-order valence-corrected chi connectivity index (χ4v) is 3.24. The molecule has 1 N–H and O–H groups in total. The summed E-state index contributed by atoms with van der Waals surface area (Å²) in [6, 6.07) is 7.00. The minimum absolute atomic E-state index is 0.0547. The van der Waals surface area contributed by atoms with Crippen LogP contribution in [0.2, 0.25) is 0 Å². The maximum atomic E-state index is 12.5. The Balaban J connectivity index is 2.16. The van der Waals surface area contributed by atoms with Crippen molar-refractivity contribution < 1.29 is 27.5 Å². The Morgan fingerprint density at radius 2 is 1.69 bits per heavy atom.